The van der Waals surface area contributed by atoms with Gasteiger partial charge in [0.15, 0.2) is 0 Å². The van der Waals surface area contributed by atoms with Crippen molar-refractivity contribution in [3.63, 3.8) is 0 Å². The van der Waals surface area contributed by atoms with Crippen LogP contribution in [-0.4, -0.2) is 22.5 Å². The molecule has 2 aromatic rings. The van der Waals surface area contributed by atoms with Crippen molar-refractivity contribution in [2.75, 3.05) is 10.6 Å². The second-order valence-electron chi connectivity index (χ2n) is 5.70. The zero-order valence-electron chi connectivity index (χ0n) is 12.5. The molecule has 6 heteroatoms. The van der Waals surface area contributed by atoms with Gasteiger partial charge in [0.2, 0.25) is 0 Å². The normalized spacial score (nSPS) is 16.0. The zero-order chi connectivity index (χ0) is 16.3. The van der Waals surface area contributed by atoms with E-state index >= 15 is 0 Å². The van der Waals surface area contributed by atoms with E-state index in [0.717, 1.165) is 12.8 Å². The van der Waals surface area contributed by atoms with Crippen LogP contribution in [0.5, 0.6) is 0 Å². The van der Waals surface area contributed by atoms with Crippen LogP contribution in [0.2, 0.25) is 0 Å². The molecule has 120 valence electrons. The highest BCUT2D eigenvalue weighted by Crippen LogP contribution is 2.30. The van der Waals surface area contributed by atoms with Gasteiger partial charge in [0.25, 0.3) is 11.8 Å². The lowest BCUT2D eigenvalue weighted by Gasteiger charge is -2.21. The molecule has 3 N–H and O–H groups in total. The summed E-state index contributed by atoms with van der Waals surface area (Å²) in [4.78, 5) is 24.7. The molecule has 0 aliphatic heterocycles. The zero-order valence-corrected chi connectivity index (χ0v) is 13.4. The van der Waals surface area contributed by atoms with Gasteiger partial charge in [-0.2, -0.15) is 0 Å². The Labute approximate surface area is 138 Å². The Morgan fingerprint density at radius 1 is 1.00 bits per heavy atom. The molecule has 1 aliphatic rings. The molecule has 0 atom stereocenters. The van der Waals surface area contributed by atoms with Gasteiger partial charge in [-0.15, -0.1) is 11.3 Å². The average molecular weight is 330 g/mol. The Bertz CT molecular complexity index is 689. The van der Waals surface area contributed by atoms with Crippen LogP contribution in [0.1, 0.15) is 35.4 Å². The van der Waals surface area contributed by atoms with Crippen LogP contribution in [0.3, 0.4) is 0 Å². The molecular weight excluding hydrogens is 312 g/mol. The molecule has 0 bridgehead atoms. The third-order valence-corrected chi connectivity index (χ3v) is 4.87. The number of carbonyl (C=O) groups excluding carboxylic acids is 2. The Balaban J connectivity index is 1.61. The summed E-state index contributed by atoms with van der Waals surface area (Å²) in [6.45, 7) is 0. The number of hydrogen-bond donors (Lipinski definition) is 3. The first-order valence-corrected chi connectivity index (χ1v) is 8.44. The van der Waals surface area contributed by atoms with Gasteiger partial charge < -0.3 is 15.7 Å². The lowest BCUT2D eigenvalue weighted by Crippen LogP contribution is -2.40. The smallest absolute Gasteiger partial charge is 0.265 e. The number of anilines is 2. The van der Waals surface area contributed by atoms with Gasteiger partial charge in [0.05, 0.1) is 4.88 Å². The Morgan fingerprint density at radius 2 is 1.61 bits per heavy atom. The van der Waals surface area contributed by atoms with E-state index in [9.17, 15) is 14.7 Å². The molecule has 5 nitrogen and oxygen atoms in total. The van der Waals surface area contributed by atoms with E-state index in [2.05, 4.69) is 10.6 Å². The van der Waals surface area contributed by atoms with Crippen molar-refractivity contribution in [1.29, 1.82) is 0 Å². The van der Waals surface area contributed by atoms with Crippen molar-refractivity contribution in [2.24, 2.45) is 0 Å². The maximum Gasteiger partial charge on any atom is 0.265 e. The Kier molecular flexibility index (Phi) is 4.45. The summed E-state index contributed by atoms with van der Waals surface area (Å²) in [7, 11) is 0. The molecule has 2 amide bonds. The number of aliphatic hydroxyl groups is 1. The van der Waals surface area contributed by atoms with E-state index in [4.69, 9.17) is 0 Å². The molecule has 0 unspecified atom stereocenters. The van der Waals surface area contributed by atoms with Crippen molar-refractivity contribution in [3.05, 3.63) is 46.7 Å². The molecule has 1 saturated carbocycles. The maximum atomic E-state index is 12.1. The summed E-state index contributed by atoms with van der Waals surface area (Å²) >= 11 is 1.38. The van der Waals surface area contributed by atoms with Crippen LogP contribution in [0.25, 0.3) is 0 Å². The molecule has 1 fully saturated rings. The largest absolute Gasteiger partial charge is 0.380 e. The molecule has 1 aliphatic carbocycles. The molecular formula is C17H18N2O3S. The van der Waals surface area contributed by atoms with E-state index in [1.54, 1.807) is 30.3 Å². The predicted molar refractivity (Wildman–Crippen MR) is 90.8 cm³/mol. The van der Waals surface area contributed by atoms with Gasteiger partial charge >= 0.3 is 0 Å². The molecule has 0 spiro atoms. The van der Waals surface area contributed by atoms with E-state index in [1.807, 2.05) is 11.4 Å². The van der Waals surface area contributed by atoms with E-state index < -0.39 is 5.60 Å². The van der Waals surface area contributed by atoms with Crippen LogP contribution < -0.4 is 10.6 Å². The van der Waals surface area contributed by atoms with Gasteiger partial charge in [0, 0.05) is 11.4 Å². The van der Waals surface area contributed by atoms with Crippen LogP contribution in [0.4, 0.5) is 11.4 Å². The van der Waals surface area contributed by atoms with Gasteiger partial charge in [-0.25, -0.2) is 0 Å². The van der Waals surface area contributed by atoms with Crippen LogP contribution in [-0.2, 0) is 4.79 Å². The fraction of sp³-hybridized carbons (Fsp3) is 0.294. The average Bonchev–Trinajstić information content (AvgIpc) is 3.21. The highest BCUT2D eigenvalue weighted by atomic mass is 32.1. The summed E-state index contributed by atoms with van der Waals surface area (Å²) in [6, 6.07) is 10.4. The molecule has 0 saturated heterocycles. The lowest BCUT2D eigenvalue weighted by molar-refractivity contribution is -0.133. The number of amides is 2. The first-order chi connectivity index (χ1) is 11.1. The van der Waals surface area contributed by atoms with E-state index in [-0.39, 0.29) is 11.8 Å². The van der Waals surface area contributed by atoms with Crippen LogP contribution in [0.15, 0.2) is 41.8 Å². The van der Waals surface area contributed by atoms with Crippen molar-refractivity contribution in [2.45, 2.75) is 31.3 Å². The number of carbonyl (C=O) groups is 2. The standard InChI is InChI=1S/C17H18N2O3S/c20-15(14-4-3-11-23-14)18-12-5-7-13(8-6-12)19-16(21)17(22)9-1-2-10-17/h3-8,11,22H,1-2,9-10H2,(H,18,20)(H,19,21). The first-order valence-electron chi connectivity index (χ1n) is 7.56. The number of thiophene rings is 1. The van der Waals surface area contributed by atoms with Gasteiger partial charge in [-0.3, -0.25) is 9.59 Å². The summed E-state index contributed by atoms with van der Waals surface area (Å²) in [5.41, 5.74) is 0.0110. The van der Waals surface area contributed by atoms with Crippen molar-refractivity contribution >= 4 is 34.5 Å². The molecule has 3 rings (SSSR count). The summed E-state index contributed by atoms with van der Waals surface area (Å²) in [5.74, 6) is -0.512. The minimum absolute atomic E-state index is 0.156. The fourth-order valence-electron chi connectivity index (χ4n) is 2.67. The van der Waals surface area contributed by atoms with E-state index in [1.165, 1.54) is 11.3 Å². The van der Waals surface area contributed by atoms with Crippen molar-refractivity contribution in [1.82, 2.24) is 0 Å². The molecule has 23 heavy (non-hydrogen) atoms. The van der Waals surface area contributed by atoms with Gasteiger partial charge in [0.1, 0.15) is 5.60 Å². The maximum absolute atomic E-state index is 12.1. The monoisotopic (exact) mass is 330 g/mol. The van der Waals surface area contributed by atoms with Gasteiger partial charge in [-0.05, 0) is 61.4 Å². The molecule has 0 radical (unpaired) electrons. The third-order valence-electron chi connectivity index (χ3n) is 4.00. The van der Waals surface area contributed by atoms with Crippen molar-refractivity contribution in [3.8, 4) is 0 Å². The minimum atomic E-state index is -1.24. The second kappa shape index (κ2) is 6.52. The quantitative estimate of drug-likeness (QED) is 0.805. The van der Waals surface area contributed by atoms with Crippen LogP contribution >= 0.6 is 11.3 Å². The first kappa shape index (κ1) is 15.7. The topological polar surface area (TPSA) is 78.4 Å². The third kappa shape index (κ3) is 3.60. The number of nitrogens with one attached hydrogen (secondary N) is 2. The summed E-state index contributed by atoms with van der Waals surface area (Å²) in [5, 5.41) is 17.6. The SMILES string of the molecule is O=C(Nc1ccc(NC(=O)C2(O)CCCC2)cc1)c1cccs1. The fourth-order valence-corrected chi connectivity index (χ4v) is 3.29. The van der Waals surface area contributed by atoms with E-state index in [0.29, 0.717) is 29.1 Å². The second-order valence-corrected chi connectivity index (χ2v) is 6.65. The molecule has 1 aromatic carbocycles. The summed E-state index contributed by atoms with van der Waals surface area (Å²) in [6.07, 6.45) is 2.76. The summed E-state index contributed by atoms with van der Waals surface area (Å²) < 4.78 is 0. The number of benzene rings is 1. The van der Waals surface area contributed by atoms with Crippen LogP contribution in [0, 0.1) is 0 Å². The minimum Gasteiger partial charge on any atom is -0.380 e. The highest BCUT2D eigenvalue weighted by Gasteiger charge is 2.38. The Hall–Kier alpha value is -2.18. The van der Waals surface area contributed by atoms with Gasteiger partial charge in [-0.1, -0.05) is 6.07 Å². The lowest BCUT2D eigenvalue weighted by atomic mass is 10.0. The predicted octanol–water partition coefficient (Wildman–Crippen LogP) is 3.24. The van der Waals surface area contributed by atoms with Crippen molar-refractivity contribution < 1.29 is 14.7 Å². The highest BCUT2D eigenvalue weighted by molar-refractivity contribution is 7.12. The molecule has 1 aromatic heterocycles. The number of hydrogen-bond acceptors (Lipinski definition) is 4. The Morgan fingerprint density at radius 3 is 2.17 bits per heavy atom. The molecule has 1 heterocycles. The number of rotatable bonds is 4.